The number of halogens is 1. The number of anilines is 1. The number of pyridine rings is 1. The minimum Gasteiger partial charge on any atom is -0.379 e. The fourth-order valence-electron chi connectivity index (χ4n) is 4.25. The van der Waals surface area contributed by atoms with Gasteiger partial charge >= 0.3 is 10.1 Å². The SMILES string of the molecule is O=S(=O)(Oc1cccc(-c2nc3ccccn3c2NC2CCCCC2)c1)c1ccc(Cl)cc1. The zero-order chi connectivity index (χ0) is 22.8. The number of nitrogens with one attached hydrogen (secondary N) is 1. The lowest BCUT2D eigenvalue weighted by atomic mass is 9.95. The molecule has 0 saturated heterocycles. The van der Waals surface area contributed by atoms with E-state index in [0.29, 0.717) is 11.1 Å². The number of hydrogen-bond acceptors (Lipinski definition) is 5. The van der Waals surface area contributed by atoms with Gasteiger partial charge in [-0.1, -0.05) is 49.1 Å². The number of hydrogen-bond donors (Lipinski definition) is 1. The second-order valence-electron chi connectivity index (χ2n) is 8.24. The van der Waals surface area contributed by atoms with E-state index in [-0.39, 0.29) is 10.6 Å². The molecule has 2 heterocycles. The summed E-state index contributed by atoms with van der Waals surface area (Å²) in [6, 6.07) is 19.2. The molecule has 170 valence electrons. The van der Waals surface area contributed by atoms with Crippen LogP contribution in [0.5, 0.6) is 5.75 Å². The summed E-state index contributed by atoms with van der Waals surface area (Å²) in [5.74, 6) is 1.14. The van der Waals surface area contributed by atoms with Gasteiger partial charge in [0, 0.05) is 22.8 Å². The van der Waals surface area contributed by atoms with Crippen LogP contribution in [0.4, 0.5) is 5.82 Å². The Morgan fingerprint density at radius 3 is 2.55 bits per heavy atom. The molecule has 0 radical (unpaired) electrons. The number of fused-ring (bicyclic) bond motifs is 1. The number of nitrogens with zero attached hydrogens (tertiary/aromatic N) is 2. The zero-order valence-electron chi connectivity index (χ0n) is 17.9. The molecule has 0 amide bonds. The van der Waals surface area contributed by atoms with Gasteiger partial charge in [0.25, 0.3) is 0 Å². The molecule has 2 aromatic heterocycles. The largest absolute Gasteiger partial charge is 0.379 e. The van der Waals surface area contributed by atoms with Crippen LogP contribution in [0.1, 0.15) is 32.1 Å². The molecule has 5 rings (SSSR count). The molecule has 4 aromatic rings. The highest BCUT2D eigenvalue weighted by Gasteiger charge is 2.21. The highest BCUT2D eigenvalue weighted by atomic mass is 35.5. The fourth-order valence-corrected chi connectivity index (χ4v) is 5.30. The molecule has 33 heavy (non-hydrogen) atoms. The van der Waals surface area contributed by atoms with Gasteiger partial charge in [-0.2, -0.15) is 8.42 Å². The minimum atomic E-state index is -3.99. The van der Waals surface area contributed by atoms with Crippen molar-refractivity contribution in [1.82, 2.24) is 9.38 Å². The van der Waals surface area contributed by atoms with Crippen molar-refractivity contribution in [2.45, 2.75) is 43.0 Å². The third kappa shape index (κ3) is 4.70. The van der Waals surface area contributed by atoms with Crippen LogP contribution < -0.4 is 9.50 Å². The van der Waals surface area contributed by atoms with Gasteiger partial charge in [-0.3, -0.25) is 4.40 Å². The standard InChI is InChI=1S/C25H24ClN3O3S/c26-19-12-14-22(15-13-19)33(30,31)32-21-10-6-7-18(17-21)24-25(27-20-8-2-1-3-9-20)29-16-5-4-11-23(29)28-24/h4-7,10-17,20,27H,1-3,8-9H2. The van der Waals surface area contributed by atoms with Gasteiger partial charge in [0.2, 0.25) is 0 Å². The molecule has 2 aromatic carbocycles. The maximum atomic E-state index is 12.7. The quantitative estimate of drug-likeness (QED) is 0.333. The van der Waals surface area contributed by atoms with Gasteiger partial charge in [0.1, 0.15) is 27.8 Å². The highest BCUT2D eigenvalue weighted by molar-refractivity contribution is 7.87. The lowest BCUT2D eigenvalue weighted by Crippen LogP contribution is -2.23. The number of aromatic nitrogens is 2. The first-order chi connectivity index (χ1) is 16.0. The Bertz CT molecular complexity index is 1380. The summed E-state index contributed by atoms with van der Waals surface area (Å²) in [5.41, 5.74) is 2.37. The third-order valence-electron chi connectivity index (χ3n) is 5.89. The summed E-state index contributed by atoms with van der Waals surface area (Å²) >= 11 is 5.88. The summed E-state index contributed by atoms with van der Waals surface area (Å²) in [6.45, 7) is 0. The van der Waals surface area contributed by atoms with Crippen molar-refractivity contribution in [3.8, 4) is 17.0 Å². The van der Waals surface area contributed by atoms with Crippen LogP contribution in [-0.2, 0) is 10.1 Å². The molecule has 0 atom stereocenters. The van der Waals surface area contributed by atoms with Gasteiger partial charge in [-0.05, 0) is 61.4 Å². The van der Waals surface area contributed by atoms with Gasteiger partial charge < -0.3 is 9.50 Å². The van der Waals surface area contributed by atoms with Crippen molar-refractivity contribution in [2.75, 3.05) is 5.32 Å². The van der Waals surface area contributed by atoms with Gasteiger partial charge in [0.05, 0.1) is 0 Å². The van der Waals surface area contributed by atoms with Gasteiger partial charge in [0.15, 0.2) is 0 Å². The molecule has 8 heteroatoms. The fraction of sp³-hybridized carbons (Fsp3) is 0.240. The Hall–Kier alpha value is -3.03. The maximum Gasteiger partial charge on any atom is 0.339 e. The minimum absolute atomic E-state index is 0.0460. The second-order valence-corrected chi connectivity index (χ2v) is 10.2. The number of rotatable bonds is 6. The normalized spacial score (nSPS) is 14.9. The Balaban J connectivity index is 1.50. The lowest BCUT2D eigenvalue weighted by Gasteiger charge is -2.24. The second kappa shape index (κ2) is 9.08. The van der Waals surface area contributed by atoms with Crippen LogP contribution in [0, 0.1) is 0 Å². The molecule has 1 fully saturated rings. The number of imidazole rings is 1. The van der Waals surface area contributed by atoms with Crippen molar-refractivity contribution < 1.29 is 12.6 Å². The van der Waals surface area contributed by atoms with E-state index >= 15 is 0 Å². The molecule has 1 aliphatic carbocycles. The van der Waals surface area contributed by atoms with Crippen LogP contribution in [0.2, 0.25) is 5.02 Å². The third-order valence-corrected chi connectivity index (χ3v) is 7.41. The van der Waals surface area contributed by atoms with Crippen molar-refractivity contribution in [2.24, 2.45) is 0 Å². The first-order valence-electron chi connectivity index (χ1n) is 11.0. The van der Waals surface area contributed by atoms with E-state index < -0.39 is 10.1 Å². The van der Waals surface area contributed by atoms with E-state index in [1.807, 2.05) is 34.9 Å². The Kier molecular flexibility index (Phi) is 6.00. The van der Waals surface area contributed by atoms with Crippen molar-refractivity contribution in [3.63, 3.8) is 0 Å². The highest BCUT2D eigenvalue weighted by Crippen LogP contribution is 2.33. The van der Waals surface area contributed by atoms with Crippen molar-refractivity contribution in [3.05, 3.63) is 77.9 Å². The Morgan fingerprint density at radius 2 is 1.76 bits per heavy atom. The van der Waals surface area contributed by atoms with Crippen molar-refractivity contribution in [1.29, 1.82) is 0 Å². The predicted octanol–water partition coefficient (Wildman–Crippen LogP) is 6.17. The van der Waals surface area contributed by atoms with E-state index in [4.69, 9.17) is 20.8 Å². The van der Waals surface area contributed by atoms with Crippen LogP contribution >= 0.6 is 11.6 Å². The van der Waals surface area contributed by atoms with Crippen LogP contribution in [0.3, 0.4) is 0 Å². The van der Waals surface area contributed by atoms with Gasteiger partial charge in [-0.15, -0.1) is 0 Å². The smallest absolute Gasteiger partial charge is 0.339 e. The molecular formula is C25H24ClN3O3S. The molecule has 0 bridgehead atoms. The van der Waals surface area contributed by atoms with Crippen LogP contribution in [0.15, 0.2) is 77.8 Å². The summed E-state index contributed by atoms with van der Waals surface area (Å²) in [5, 5.41) is 4.16. The molecule has 0 aliphatic heterocycles. The van der Waals surface area contributed by atoms with Gasteiger partial charge in [-0.25, -0.2) is 4.98 Å². The number of benzene rings is 2. The summed E-state index contributed by atoms with van der Waals surface area (Å²) < 4.78 is 32.9. The first-order valence-corrected chi connectivity index (χ1v) is 12.8. The zero-order valence-corrected chi connectivity index (χ0v) is 19.5. The predicted molar refractivity (Wildman–Crippen MR) is 130 cm³/mol. The average Bonchev–Trinajstić information content (AvgIpc) is 3.18. The van der Waals surface area contributed by atoms with E-state index in [1.54, 1.807) is 18.2 Å². The van der Waals surface area contributed by atoms with Crippen LogP contribution in [0.25, 0.3) is 16.9 Å². The molecule has 1 aliphatic rings. The monoisotopic (exact) mass is 481 g/mol. The van der Waals surface area contributed by atoms with Crippen molar-refractivity contribution >= 4 is 33.2 Å². The van der Waals surface area contributed by atoms with E-state index in [9.17, 15) is 8.42 Å². The lowest BCUT2D eigenvalue weighted by molar-refractivity contribution is 0.462. The molecule has 1 N–H and O–H groups in total. The average molecular weight is 482 g/mol. The van der Waals surface area contributed by atoms with E-state index in [0.717, 1.165) is 35.6 Å². The Morgan fingerprint density at radius 1 is 0.970 bits per heavy atom. The summed E-state index contributed by atoms with van der Waals surface area (Å²) in [6.07, 6.45) is 7.96. The molecular weight excluding hydrogens is 458 g/mol. The first kappa shape index (κ1) is 21.8. The molecule has 0 spiro atoms. The Labute approximate surface area is 198 Å². The summed E-state index contributed by atoms with van der Waals surface area (Å²) in [7, 11) is -3.99. The maximum absolute atomic E-state index is 12.7. The van der Waals surface area contributed by atoms with E-state index in [1.165, 1.54) is 43.5 Å². The van der Waals surface area contributed by atoms with E-state index in [2.05, 4.69) is 5.32 Å². The molecule has 1 saturated carbocycles. The summed E-state index contributed by atoms with van der Waals surface area (Å²) in [4.78, 5) is 4.88. The molecule has 6 nitrogen and oxygen atoms in total. The topological polar surface area (TPSA) is 72.7 Å². The van der Waals surface area contributed by atoms with Crippen LogP contribution in [-0.4, -0.2) is 23.8 Å². The molecule has 0 unspecified atom stereocenters.